The Hall–Kier alpha value is -3.71. The number of hydrogen-bond donors (Lipinski definition) is 1. The number of rotatable bonds is 6. The van der Waals surface area contributed by atoms with Gasteiger partial charge in [0.15, 0.2) is 0 Å². The van der Waals surface area contributed by atoms with Gasteiger partial charge in [0.1, 0.15) is 11.4 Å². The van der Waals surface area contributed by atoms with Crippen molar-refractivity contribution in [3.8, 4) is 22.7 Å². The van der Waals surface area contributed by atoms with Crippen LogP contribution in [0.2, 0.25) is 0 Å². The highest BCUT2D eigenvalue weighted by atomic mass is 79.9. The maximum absolute atomic E-state index is 12.3. The van der Waals surface area contributed by atoms with E-state index in [2.05, 4.69) is 26.5 Å². The highest BCUT2D eigenvalue weighted by Crippen LogP contribution is 2.25. The lowest BCUT2D eigenvalue weighted by Gasteiger charge is -2.03. The third-order valence-electron chi connectivity index (χ3n) is 4.60. The average molecular weight is 475 g/mol. The predicted molar refractivity (Wildman–Crippen MR) is 125 cm³/mol. The van der Waals surface area contributed by atoms with Gasteiger partial charge in [0.2, 0.25) is 0 Å². The van der Waals surface area contributed by atoms with E-state index in [9.17, 15) is 4.79 Å². The average Bonchev–Trinajstić information content (AvgIpc) is 3.24. The van der Waals surface area contributed by atoms with E-state index in [0.29, 0.717) is 5.56 Å². The van der Waals surface area contributed by atoms with Gasteiger partial charge in [0.05, 0.1) is 19.0 Å². The maximum atomic E-state index is 12.3. The molecule has 0 radical (unpaired) electrons. The van der Waals surface area contributed by atoms with E-state index in [1.807, 2.05) is 72.9 Å². The molecule has 0 saturated carbocycles. The Morgan fingerprint density at radius 3 is 2.42 bits per heavy atom. The zero-order chi connectivity index (χ0) is 21.6. The summed E-state index contributed by atoms with van der Waals surface area (Å²) in [5.74, 6) is 0.480. The topological polar surface area (TPSA) is 68.5 Å². The Kier molecular flexibility index (Phi) is 6.24. The molecule has 7 heteroatoms. The third-order valence-corrected chi connectivity index (χ3v) is 5.13. The van der Waals surface area contributed by atoms with Crippen molar-refractivity contribution in [1.82, 2.24) is 15.2 Å². The van der Waals surface area contributed by atoms with Gasteiger partial charge >= 0.3 is 0 Å². The molecule has 1 amide bonds. The number of halogens is 1. The second kappa shape index (κ2) is 9.40. The first-order valence-electron chi connectivity index (χ1n) is 9.52. The van der Waals surface area contributed by atoms with Crippen LogP contribution in [0.25, 0.3) is 16.9 Å². The number of carbonyl (C=O) groups is 1. The Bertz CT molecular complexity index is 1200. The predicted octanol–water partition coefficient (Wildman–Crippen LogP) is 5.07. The summed E-state index contributed by atoms with van der Waals surface area (Å²) in [6.45, 7) is 0. The number of hydrazone groups is 1. The number of hydrogen-bond acceptors (Lipinski definition) is 4. The van der Waals surface area contributed by atoms with Gasteiger partial charge in [-0.25, -0.2) is 10.1 Å². The molecule has 1 aromatic heterocycles. The minimum atomic E-state index is -0.287. The first kappa shape index (κ1) is 20.6. The Labute approximate surface area is 188 Å². The summed E-state index contributed by atoms with van der Waals surface area (Å²) in [4.78, 5) is 12.3. The summed E-state index contributed by atoms with van der Waals surface area (Å²) in [5, 5.41) is 8.89. The van der Waals surface area contributed by atoms with E-state index < -0.39 is 0 Å². The van der Waals surface area contributed by atoms with E-state index in [1.165, 1.54) is 0 Å². The van der Waals surface area contributed by atoms with Crippen molar-refractivity contribution in [2.45, 2.75) is 0 Å². The molecule has 154 valence electrons. The van der Waals surface area contributed by atoms with Gasteiger partial charge in [-0.2, -0.15) is 10.2 Å². The number of para-hydroxylation sites is 1. The largest absolute Gasteiger partial charge is 0.497 e. The lowest BCUT2D eigenvalue weighted by Crippen LogP contribution is -2.17. The van der Waals surface area contributed by atoms with Gasteiger partial charge < -0.3 is 4.74 Å². The van der Waals surface area contributed by atoms with Crippen molar-refractivity contribution in [1.29, 1.82) is 0 Å². The highest BCUT2D eigenvalue weighted by molar-refractivity contribution is 9.10. The first-order chi connectivity index (χ1) is 15.1. The van der Waals surface area contributed by atoms with Crippen LogP contribution in [0.4, 0.5) is 0 Å². The minimum absolute atomic E-state index is 0.287. The summed E-state index contributed by atoms with van der Waals surface area (Å²) < 4.78 is 7.94. The second-order valence-corrected chi connectivity index (χ2v) is 7.56. The number of carbonyl (C=O) groups excluding carboxylic acids is 1. The fourth-order valence-electron chi connectivity index (χ4n) is 2.99. The molecule has 0 aliphatic rings. The molecule has 1 heterocycles. The van der Waals surface area contributed by atoms with Gasteiger partial charge in [-0.05, 0) is 60.7 Å². The Balaban J connectivity index is 1.63. The molecule has 0 aliphatic heterocycles. The summed E-state index contributed by atoms with van der Waals surface area (Å²) in [5.41, 5.74) is 6.45. The van der Waals surface area contributed by atoms with Crippen molar-refractivity contribution in [3.63, 3.8) is 0 Å². The van der Waals surface area contributed by atoms with Crippen molar-refractivity contribution in [3.05, 3.63) is 101 Å². The molecule has 0 spiro atoms. The van der Waals surface area contributed by atoms with Crippen molar-refractivity contribution >= 4 is 28.1 Å². The number of benzene rings is 3. The van der Waals surface area contributed by atoms with Crippen LogP contribution in [0.1, 0.15) is 15.9 Å². The fraction of sp³-hybridized carbons (Fsp3) is 0.0417. The molecule has 1 N–H and O–H groups in total. The lowest BCUT2D eigenvalue weighted by molar-refractivity contribution is 0.0955. The molecule has 0 bridgehead atoms. The van der Waals surface area contributed by atoms with Crippen LogP contribution >= 0.6 is 15.9 Å². The number of nitrogens with one attached hydrogen (secondary N) is 1. The molecule has 0 saturated heterocycles. The molecule has 4 aromatic rings. The molecular weight excluding hydrogens is 456 g/mol. The van der Waals surface area contributed by atoms with Gasteiger partial charge in [0.25, 0.3) is 5.91 Å². The smallest absolute Gasteiger partial charge is 0.271 e. The highest BCUT2D eigenvalue weighted by Gasteiger charge is 2.12. The van der Waals surface area contributed by atoms with Crippen LogP contribution in [0, 0.1) is 0 Å². The molecule has 0 fully saturated rings. The second-order valence-electron chi connectivity index (χ2n) is 6.65. The summed E-state index contributed by atoms with van der Waals surface area (Å²) >= 11 is 3.36. The number of ether oxygens (including phenoxy) is 1. The number of amides is 1. The van der Waals surface area contributed by atoms with Crippen molar-refractivity contribution < 1.29 is 9.53 Å². The van der Waals surface area contributed by atoms with Crippen LogP contribution < -0.4 is 10.2 Å². The molecule has 0 aliphatic carbocycles. The van der Waals surface area contributed by atoms with Gasteiger partial charge in [-0.1, -0.05) is 34.1 Å². The van der Waals surface area contributed by atoms with Crippen LogP contribution in [-0.4, -0.2) is 29.0 Å². The van der Waals surface area contributed by atoms with Gasteiger partial charge in [-0.15, -0.1) is 0 Å². The molecular formula is C24H19BrN4O2. The molecule has 4 rings (SSSR count). The van der Waals surface area contributed by atoms with Crippen molar-refractivity contribution in [2.75, 3.05) is 7.11 Å². The fourth-order valence-corrected chi connectivity index (χ4v) is 3.26. The summed E-state index contributed by atoms with van der Waals surface area (Å²) in [6.07, 6.45) is 3.48. The monoisotopic (exact) mass is 474 g/mol. The maximum Gasteiger partial charge on any atom is 0.271 e. The van der Waals surface area contributed by atoms with Crippen LogP contribution in [0.3, 0.4) is 0 Å². The van der Waals surface area contributed by atoms with Gasteiger partial charge in [-0.3, -0.25) is 4.79 Å². The standard InChI is InChI=1S/C24H19BrN4O2/c1-31-22-13-9-17(10-14-22)23-19(16-29(28-23)21-5-3-2-4-6-21)15-26-27-24(30)18-7-11-20(25)12-8-18/h2-16H,1H3,(H,27,30)/b26-15+. The quantitative estimate of drug-likeness (QED) is 0.313. The van der Waals surface area contributed by atoms with Crippen molar-refractivity contribution in [2.24, 2.45) is 5.10 Å². The van der Waals surface area contributed by atoms with E-state index in [4.69, 9.17) is 9.84 Å². The van der Waals surface area contributed by atoms with E-state index in [-0.39, 0.29) is 5.91 Å². The normalized spacial score (nSPS) is 10.9. The minimum Gasteiger partial charge on any atom is -0.497 e. The molecule has 0 unspecified atom stereocenters. The summed E-state index contributed by atoms with van der Waals surface area (Å²) in [7, 11) is 1.63. The first-order valence-corrected chi connectivity index (χ1v) is 10.3. The number of methoxy groups -OCH3 is 1. The molecule has 6 nitrogen and oxygen atoms in total. The third kappa shape index (κ3) is 4.90. The van der Waals surface area contributed by atoms with E-state index in [0.717, 1.165) is 32.7 Å². The zero-order valence-electron chi connectivity index (χ0n) is 16.7. The van der Waals surface area contributed by atoms with Crippen LogP contribution in [0.15, 0.2) is 94.6 Å². The zero-order valence-corrected chi connectivity index (χ0v) is 18.3. The Morgan fingerprint density at radius 1 is 1.03 bits per heavy atom. The number of aromatic nitrogens is 2. The number of nitrogens with zero attached hydrogens (tertiary/aromatic N) is 3. The lowest BCUT2D eigenvalue weighted by atomic mass is 10.1. The van der Waals surface area contributed by atoms with E-state index in [1.54, 1.807) is 30.1 Å². The SMILES string of the molecule is COc1ccc(-c2nn(-c3ccccc3)cc2/C=N/NC(=O)c2ccc(Br)cc2)cc1. The molecule has 3 aromatic carbocycles. The summed E-state index contributed by atoms with van der Waals surface area (Å²) in [6, 6.07) is 24.5. The molecule has 31 heavy (non-hydrogen) atoms. The van der Waals surface area contributed by atoms with Gasteiger partial charge in [0, 0.05) is 27.4 Å². The van der Waals surface area contributed by atoms with Crippen LogP contribution in [0.5, 0.6) is 5.75 Å². The van der Waals surface area contributed by atoms with Crippen LogP contribution in [-0.2, 0) is 0 Å². The van der Waals surface area contributed by atoms with E-state index >= 15 is 0 Å². The molecule has 0 atom stereocenters. The Morgan fingerprint density at radius 2 is 1.74 bits per heavy atom.